The zero-order valence-electron chi connectivity index (χ0n) is 15.5. The topological polar surface area (TPSA) is 71.9 Å². The third-order valence-electron chi connectivity index (χ3n) is 4.59. The fraction of sp³-hybridized carbons (Fsp3) is 0.667. The zero-order valence-corrected chi connectivity index (χ0v) is 16.3. The van der Waals surface area contributed by atoms with E-state index in [9.17, 15) is 9.90 Å². The molecule has 1 saturated heterocycles. The Kier molecular flexibility index (Phi) is 5.84. The van der Waals surface area contributed by atoms with Crippen LogP contribution in [0.2, 0.25) is 5.15 Å². The molecule has 2 heterocycles. The van der Waals surface area contributed by atoms with Crippen LogP contribution in [-0.2, 0) is 4.74 Å². The van der Waals surface area contributed by atoms with Crippen molar-refractivity contribution in [1.29, 1.82) is 0 Å². The summed E-state index contributed by atoms with van der Waals surface area (Å²) in [5, 5.41) is 11.2. The van der Waals surface area contributed by atoms with E-state index in [0.717, 1.165) is 0 Å². The number of amides is 1. The summed E-state index contributed by atoms with van der Waals surface area (Å²) >= 11 is 6.17. The van der Waals surface area contributed by atoms with E-state index in [1.807, 2.05) is 27.7 Å². The third-order valence-corrected chi connectivity index (χ3v) is 4.90. The highest BCUT2D eigenvalue weighted by Crippen LogP contribution is 2.44. The number of aliphatic hydroxyl groups excluding tert-OH is 1. The van der Waals surface area contributed by atoms with Crippen molar-refractivity contribution in [2.45, 2.75) is 52.2 Å². The molecule has 7 heteroatoms. The summed E-state index contributed by atoms with van der Waals surface area (Å²) in [7, 11) is 1.54. The summed E-state index contributed by atoms with van der Waals surface area (Å²) in [4.78, 5) is 18.0. The summed E-state index contributed by atoms with van der Waals surface area (Å²) in [5.41, 5.74) is -0.373. The van der Waals surface area contributed by atoms with E-state index in [1.54, 1.807) is 18.1 Å². The van der Waals surface area contributed by atoms with Gasteiger partial charge in [0.2, 0.25) is 0 Å². The highest BCUT2D eigenvalue weighted by Gasteiger charge is 2.40. The number of carbonyl (C=O) groups excluding carboxylic acids is 1. The maximum atomic E-state index is 12.2. The molecule has 1 unspecified atom stereocenters. The van der Waals surface area contributed by atoms with Gasteiger partial charge in [-0.3, -0.25) is 0 Å². The van der Waals surface area contributed by atoms with Gasteiger partial charge in [-0.1, -0.05) is 18.5 Å². The molecular weight excluding hydrogens is 344 g/mol. The van der Waals surface area contributed by atoms with Gasteiger partial charge in [-0.15, -0.1) is 0 Å². The summed E-state index contributed by atoms with van der Waals surface area (Å²) in [6.07, 6.45) is 1.70. The molecule has 6 nitrogen and oxygen atoms in total. The third kappa shape index (κ3) is 4.76. The number of likely N-dealkylation sites (tertiary alicyclic amines) is 1. The Balaban J connectivity index is 2.08. The molecule has 0 aliphatic carbocycles. The minimum atomic E-state index is -0.789. The molecule has 1 aliphatic rings. The highest BCUT2D eigenvalue weighted by molar-refractivity contribution is 6.30. The molecule has 0 bridgehead atoms. The number of hydrogen-bond donors (Lipinski definition) is 1. The first kappa shape index (κ1) is 19.8. The van der Waals surface area contributed by atoms with Crippen molar-refractivity contribution in [2.24, 2.45) is 5.41 Å². The van der Waals surface area contributed by atoms with Crippen LogP contribution >= 0.6 is 11.6 Å². The normalized spacial score (nSPS) is 18.6. The molecule has 0 spiro atoms. The SMILES string of the molecule is COc1cnc(Cl)c(C(O)C2(C)CCN(C(=O)OC(C)(C)C)CC2)c1. The van der Waals surface area contributed by atoms with Crippen LogP contribution in [0.25, 0.3) is 0 Å². The molecule has 0 aromatic carbocycles. The van der Waals surface area contributed by atoms with Crippen molar-refractivity contribution in [3.8, 4) is 5.75 Å². The van der Waals surface area contributed by atoms with Crippen molar-refractivity contribution in [1.82, 2.24) is 9.88 Å². The minimum Gasteiger partial charge on any atom is -0.495 e. The van der Waals surface area contributed by atoms with Gasteiger partial charge >= 0.3 is 6.09 Å². The lowest BCUT2D eigenvalue weighted by atomic mass is 9.73. The molecule has 1 aliphatic heterocycles. The summed E-state index contributed by atoms with van der Waals surface area (Å²) in [5.74, 6) is 0.549. The molecule has 1 fully saturated rings. The summed E-state index contributed by atoms with van der Waals surface area (Å²) in [6.45, 7) is 8.59. The molecule has 1 atom stereocenters. The largest absolute Gasteiger partial charge is 0.495 e. The average molecular weight is 371 g/mol. The second-order valence-electron chi connectivity index (χ2n) is 7.78. The molecule has 1 amide bonds. The maximum Gasteiger partial charge on any atom is 0.410 e. The maximum absolute atomic E-state index is 12.2. The lowest BCUT2D eigenvalue weighted by Gasteiger charge is -2.42. The average Bonchev–Trinajstić information content (AvgIpc) is 2.53. The molecule has 1 N–H and O–H groups in total. The Morgan fingerprint density at radius 3 is 2.52 bits per heavy atom. The number of hydrogen-bond acceptors (Lipinski definition) is 5. The van der Waals surface area contributed by atoms with Gasteiger partial charge in [-0.25, -0.2) is 9.78 Å². The predicted molar refractivity (Wildman–Crippen MR) is 95.9 cm³/mol. The fourth-order valence-electron chi connectivity index (χ4n) is 2.92. The van der Waals surface area contributed by atoms with Crippen molar-refractivity contribution in [3.63, 3.8) is 0 Å². The molecule has 140 valence electrons. The minimum absolute atomic E-state index is 0.268. The van der Waals surface area contributed by atoms with E-state index in [2.05, 4.69) is 4.98 Å². The smallest absolute Gasteiger partial charge is 0.410 e. The number of halogens is 1. The quantitative estimate of drug-likeness (QED) is 0.819. The van der Waals surface area contributed by atoms with E-state index in [-0.39, 0.29) is 11.2 Å². The Bertz CT molecular complexity index is 622. The number of aromatic nitrogens is 1. The van der Waals surface area contributed by atoms with E-state index in [1.165, 1.54) is 6.20 Å². The standard InChI is InChI=1S/C18H27ClN2O4/c1-17(2,3)25-16(23)21-8-6-18(4,7-9-21)14(22)13-10-12(24-5)11-20-15(13)19/h10-11,14,22H,6-9H2,1-5H3. The van der Waals surface area contributed by atoms with Gasteiger partial charge in [-0.2, -0.15) is 0 Å². The first-order valence-electron chi connectivity index (χ1n) is 8.41. The van der Waals surface area contributed by atoms with Crippen LogP contribution in [0.4, 0.5) is 4.79 Å². The number of methoxy groups -OCH3 is 1. The molecule has 1 aromatic rings. The van der Waals surface area contributed by atoms with E-state index in [4.69, 9.17) is 21.1 Å². The van der Waals surface area contributed by atoms with Crippen LogP contribution in [0.5, 0.6) is 5.75 Å². The van der Waals surface area contributed by atoms with Crippen LogP contribution in [0.1, 0.15) is 52.2 Å². The number of pyridine rings is 1. The Hall–Kier alpha value is -1.53. The Morgan fingerprint density at radius 1 is 1.40 bits per heavy atom. The van der Waals surface area contributed by atoms with E-state index >= 15 is 0 Å². The van der Waals surface area contributed by atoms with Gasteiger partial charge in [-0.05, 0) is 39.7 Å². The molecule has 0 radical (unpaired) electrons. The van der Waals surface area contributed by atoms with Crippen molar-refractivity contribution < 1.29 is 19.4 Å². The fourth-order valence-corrected chi connectivity index (χ4v) is 3.13. The van der Waals surface area contributed by atoms with Gasteiger partial charge in [0.15, 0.2) is 0 Å². The van der Waals surface area contributed by atoms with Crippen LogP contribution in [0.15, 0.2) is 12.3 Å². The number of rotatable bonds is 3. The van der Waals surface area contributed by atoms with Crippen molar-refractivity contribution in [3.05, 3.63) is 23.0 Å². The molecule has 0 saturated carbocycles. The lowest BCUT2D eigenvalue weighted by molar-refractivity contribution is -0.0259. The monoisotopic (exact) mass is 370 g/mol. The zero-order chi connectivity index (χ0) is 18.8. The highest BCUT2D eigenvalue weighted by atomic mass is 35.5. The Labute approximate surface area is 154 Å². The molecule has 25 heavy (non-hydrogen) atoms. The van der Waals surface area contributed by atoms with Gasteiger partial charge < -0.3 is 19.5 Å². The number of carbonyl (C=O) groups is 1. The first-order valence-corrected chi connectivity index (χ1v) is 8.79. The molecular formula is C18H27ClN2O4. The second-order valence-corrected chi connectivity index (χ2v) is 8.14. The number of aliphatic hydroxyl groups is 1. The van der Waals surface area contributed by atoms with Crippen LogP contribution in [-0.4, -0.2) is 46.9 Å². The van der Waals surface area contributed by atoms with Crippen LogP contribution in [0.3, 0.4) is 0 Å². The van der Waals surface area contributed by atoms with E-state index < -0.39 is 17.1 Å². The summed E-state index contributed by atoms with van der Waals surface area (Å²) in [6, 6.07) is 1.71. The lowest BCUT2D eigenvalue weighted by Crippen LogP contribution is -2.46. The number of ether oxygens (including phenoxy) is 2. The summed E-state index contributed by atoms with van der Waals surface area (Å²) < 4.78 is 10.6. The van der Waals surface area contributed by atoms with Crippen LogP contribution in [0, 0.1) is 5.41 Å². The molecule has 1 aromatic heterocycles. The Morgan fingerprint density at radius 2 is 2.00 bits per heavy atom. The van der Waals surface area contributed by atoms with Crippen LogP contribution < -0.4 is 4.74 Å². The van der Waals surface area contributed by atoms with E-state index in [0.29, 0.717) is 37.2 Å². The van der Waals surface area contributed by atoms with Gasteiger partial charge in [0.25, 0.3) is 0 Å². The predicted octanol–water partition coefficient (Wildman–Crippen LogP) is 3.81. The number of piperidine rings is 1. The van der Waals surface area contributed by atoms with Gasteiger partial charge in [0.05, 0.1) is 19.4 Å². The van der Waals surface area contributed by atoms with Gasteiger partial charge in [0, 0.05) is 24.1 Å². The molecule has 2 rings (SSSR count). The van der Waals surface area contributed by atoms with Crippen molar-refractivity contribution in [2.75, 3.05) is 20.2 Å². The number of nitrogens with zero attached hydrogens (tertiary/aromatic N) is 2. The van der Waals surface area contributed by atoms with Crippen molar-refractivity contribution >= 4 is 17.7 Å². The second kappa shape index (κ2) is 7.38. The van der Waals surface area contributed by atoms with Gasteiger partial charge in [0.1, 0.15) is 16.5 Å². The first-order chi connectivity index (χ1) is 11.6.